The van der Waals surface area contributed by atoms with Crippen LogP contribution in [0.3, 0.4) is 0 Å². The number of carbonyl (C=O) groups is 1. The number of anilines is 2. The third-order valence-corrected chi connectivity index (χ3v) is 4.32. The van der Waals surface area contributed by atoms with E-state index in [0.29, 0.717) is 33.2 Å². The van der Waals surface area contributed by atoms with Crippen molar-refractivity contribution in [3.05, 3.63) is 30.1 Å². The Morgan fingerprint density at radius 3 is 3.04 bits per heavy atom. The fourth-order valence-electron chi connectivity index (χ4n) is 2.24. The number of carbonyl (C=O) groups excluding carboxylic acids is 1. The van der Waals surface area contributed by atoms with Gasteiger partial charge in [0.15, 0.2) is 5.65 Å². The summed E-state index contributed by atoms with van der Waals surface area (Å²) in [5.74, 6) is 0.576. The number of fused-ring (bicyclic) bond motifs is 1. The average molecular weight is 360 g/mol. The van der Waals surface area contributed by atoms with Crippen LogP contribution in [0.15, 0.2) is 29.6 Å². The number of nitrogens with two attached hydrogens (primary N) is 1. The molecule has 0 saturated heterocycles. The number of thioether (sulfide) groups is 1. The molecule has 2 aromatic heterocycles. The van der Waals surface area contributed by atoms with Crippen molar-refractivity contribution in [2.75, 3.05) is 23.9 Å². The lowest BCUT2D eigenvalue weighted by Gasteiger charge is -2.10. The minimum absolute atomic E-state index is 0.102. The molecule has 3 rings (SSSR count). The molecule has 1 aromatic carbocycles. The highest BCUT2D eigenvalue weighted by Crippen LogP contribution is 2.25. The number of hydrogen-bond acceptors (Lipinski definition) is 8. The Kier molecular flexibility index (Phi) is 5.00. The highest BCUT2D eigenvalue weighted by Gasteiger charge is 2.12. The first-order chi connectivity index (χ1) is 12.1. The summed E-state index contributed by atoms with van der Waals surface area (Å²) in [4.78, 5) is 27.3. The molecule has 0 unspecified atom stereocenters. The number of benzene rings is 1. The topological polar surface area (TPSA) is 139 Å². The molecule has 3 aromatic rings. The second-order valence-electron chi connectivity index (χ2n) is 5.01. The maximum atomic E-state index is 12.2. The lowest BCUT2D eigenvalue weighted by atomic mass is 10.2. The van der Waals surface area contributed by atoms with Crippen LogP contribution in [-0.2, 0) is 11.4 Å². The van der Waals surface area contributed by atoms with E-state index in [1.165, 1.54) is 25.2 Å². The lowest BCUT2D eigenvalue weighted by Crippen LogP contribution is -2.14. The van der Waals surface area contributed by atoms with Crippen LogP contribution in [0, 0.1) is 0 Å². The van der Waals surface area contributed by atoms with Gasteiger partial charge in [-0.1, -0.05) is 11.8 Å². The van der Waals surface area contributed by atoms with Crippen molar-refractivity contribution < 1.29 is 14.6 Å². The van der Waals surface area contributed by atoms with Gasteiger partial charge in [-0.05, 0) is 18.2 Å². The van der Waals surface area contributed by atoms with Crippen LogP contribution in [0.25, 0.3) is 11.2 Å². The van der Waals surface area contributed by atoms with Crippen molar-refractivity contribution >= 4 is 40.5 Å². The molecular formula is C15H16N6O3S. The van der Waals surface area contributed by atoms with Crippen LogP contribution in [0.5, 0.6) is 5.75 Å². The molecule has 0 spiro atoms. The Hall–Kier alpha value is -2.85. The number of aromatic nitrogens is 4. The van der Waals surface area contributed by atoms with Gasteiger partial charge in [-0.25, -0.2) is 9.97 Å². The molecule has 130 valence electrons. The van der Waals surface area contributed by atoms with Crippen molar-refractivity contribution in [2.24, 2.45) is 0 Å². The van der Waals surface area contributed by atoms with Gasteiger partial charge >= 0.3 is 0 Å². The summed E-state index contributed by atoms with van der Waals surface area (Å²) in [6, 6.07) is 5.06. The van der Waals surface area contributed by atoms with Gasteiger partial charge in [0.2, 0.25) is 11.9 Å². The van der Waals surface area contributed by atoms with Gasteiger partial charge in [0.25, 0.3) is 0 Å². The number of ether oxygens (including phenoxy) is 1. The standard InChI is InChI=1S/C15H16N6O3S/c1-24-10-3-2-9(4-8(10)5-22)19-11(23)6-25-14-12-13(18-7-17-12)20-15(16)21-14/h2-4,7,22H,5-6H2,1H3,(H,19,23)(H3,16,17,18,20,21). The van der Waals surface area contributed by atoms with Crippen LogP contribution in [0.2, 0.25) is 0 Å². The molecule has 0 fully saturated rings. The molecule has 2 heterocycles. The summed E-state index contributed by atoms with van der Waals surface area (Å²) in [7, 11) is 1.52. The largest absolute Gasteiger partial charge is 0.496 e. The van der Waals surface area contributed by atoms with Crippen LogP contribution < -0.4 is 15.8 Å². The van der Waals surface area contributed by atoms with E-state index < -0.39 is 0 Å². The average Bonchev–Trinajstić information content (AvgIpc) is 3.07. The highest BCUT2D eigenvalue weighted by molar-refractivity contribution is 8.00. The number of imidazole rings is 1. The minimum atomic E-state index is -0.219. The number of rotatable bonds is 6. The Bertz CT molecular complexity index is 913. The predicted molar refractivity (Wildman–Crippen MR) is 94.4 cm³/mol. The Morgan fingerprint density at radius 2 is 2.28 bits per heavy atom. The molecule has 0 bridgehead atoms. The number of amides is 1. The number of H-pyrrole nitrogens is 1. The molecule has 10 heteroatoms. The zero-order valence-corrected chi connectivity index (χ0v) is 14.1. The van der Waals surface area contributed by atoms with Crippen LogP contribution >= 0.6 is 11.8 Å². The van der Waals surface area contributed by atoms with Crippen LogP contribution in [0.1, 0.15) is 5.56 Å². The molecule has 0 aliphatic heterocycles. The van der Waals surface area contributed by atoms with E-state index in [1.54, 1.807) is 18.2 Å². The Balaban J connectivity index is 1.67. The number of nitrogen functional groups attached to an aromatic ring is 1. The maximum absolute atomic E-state index is 12.2. The van der Waals surface area contributed by atoms with Gasteiger partial charge in [0.05, 0.1) is 25.8 Å². The quantitative estimate of drug-likeness (QED) is 0.379. The maximum Gasteiger partial charge on any atom is 0.234 e. The second kappa shape index (κ2) is 7.36. The SMILES string of the molecule is COc1ccc(NC(=O)CSc2nc(N)nc3nc[nH]c23)cc1CO. The van der Waals surface area contributed by atoms with Crippen molar-refractivity contribution in [1.29, 1.82) is 0 Å². The molecule has 0 atom stereocenters. The van der Waals surface area contributed by atoms with Gasteiger partial charge in [0.1, 0.15) is 16.3 Å². The van der Waals surface area contributed by atoms with E-state index >= 15 is 0 Å². The fraction of sp³-hybridized carbons (Fsp3) is 0.200. The number of methoxy groups -OCH3 is 1. The van der Waals surface area contributed by atoms with E-state index in [-0.39, 0.29) is 24.2 Å². The number of nitrogens with zero attached hydrogens (tertiary/aromatic N) is 3. The van der Waals surface area contributed by atoms with Crippen molar-refractivity contribution in [3.63, 3.8) is 0 Å². The summed E-state index contributed by atoms with van der Waals surface area (Å²) < 4.78 is 5.13. The van der Waals surface area contributed by atoms with Crippen molar-refractivity contribution in [1.82, 2.24) is 19.9 Å². The van der Waals surface area contributed by atoms with Gasteiger partial charge in [-0.2, -0.15) is 4.98 Å². The van der Waals surface area contributed by atoms with E-state index in [9.17, 15) is 9.90 Å². The molecule has 0 saturated carbocycles. The zero-order chi connectivity index (χ0) is 17.8. The smallest absolute Gasteiger partial charge is 0.234 e. The van der Waals surface area contributed by atoms with Crippen LogP contribution in [-0.4, -0.2) is 43.8 Å². The minimum Gasteiger partial charge on any atom is -0.496 e. The lowest BCUT2D eigenvalue weighted by molar-refractivity contribution is -0.113. The summed E-state index contributed by atoms with van der Waals surface area (Å²) >= 11 is 1.23. The molecule has 9 nitrogen and oxygen atoms in total. The van der Waals surface area contributed by atoms with Gasteiger partial charge in [0, 0.05) is 11.3 Å². The summed E-state index contributed by atoms with van der Waals surface area (Å²) in [6.07, 6.45) is 1.50. The first-order valence-electron chi connectivity index (χ1n) is 7.27. The number of aliphatic hydroxyl groups excluding tert-OH is 1. The van der Waals surface area contributed by atoms with E-state index in [4.69, 9.17) is 10.5 Å². The van der Waals surface area contributed by atoms with Gasteiger partial charge < -0.3 is 25.9 Å². The molecule has 0 aliphatic rings. The zero-order valence-electron chi connectivity index (χ0n) is 13.3. The predicted octanol–water partition coefficient (Wildman–Crippen LogP) is 1.17. The molecule has 5 N–H and O–H groups in total. The number of hydrogen-bond donors (Lipinski definition) is 4. The van der Waals surface area contributed by atoms with E-state index in [0.717, 1.165) is 0 Å². The first-order valence-corrected chi connectivity index (χ1v) is 8.26. The molecule has 0 aliphatic carbocycles. The van der Waals surface area contributed by atoms with Gasteiger partial charge in [-0.15, -0.1) is 0 Å². The van der Waals surface area contributed by atoms with Crippen molar-refractivity contribution in [3.8, 4) is 5.75 Å². The molecule has 0 radical (unpaired) electrons. The first kappa shape index (κ1) is 17.0. The monoisotopic (exact) mass is 360 g/mol. The second-order valence-corrected chi connectivity index (χ2v) is 5.97. The summed E-state index contributed by atoms with van der Waals surface area (Å²) in [5.41, 5.74) is 7.91. The van der Waals surface area contributed by atoms with E-state index in [1.807, 2.05) is 0 Å². The fourth-order valence-corrected chi connectivity index (χ4v) is 3.03. The van der Waals surface area contributed by atoms with Crippen molar-refractivity contribution in [2.45, 2.75) is 11.6 Å². The normalized spacial score (nSPS) is 10.8. The molecular weight excluding hydrogens is 344 g/mol. The summed E-state index contributed by atoms with van der Waals surface area (Å²) in [6.45, 7) is -0.181. The third kappa shape index (κ3) is 3.80. The third-order valence-electron chi connectivity index (χ3n) is 3.34. The van der Waals surface area contributed by atoms with Crippen LogP contribution in [0.4, 0.5) is 11.6 Å². The molecule has 1 amide bonds. The Labute approximate surface area is 147 Å². The highest BCUT2D eigenvalue weighted by atomic mass is 32.2. The molecule has 25 heavy (non-hydrogen) atoms. The number of nitrogens with one attached hydrogen (secondary N) is 2. The van der Waals surface area contributed by atoms with Gasteiger partial charge in [-0.3, -0.25) is 4.79 Å². The summed E-state index contributed by atoms with van der Waals surface area (Å²) in [5, 5.41) is 12.7. The number of aliphatic hydroxyl groups is 1. The van der Waals surface area contributed by atoms with E-state index in [2.05, 4.69) is 25.3 Å². The number of aromatic amines is 1. The Morgan fingerprint density at radius 1 is 1.44 bits per heavy atom.